The van der Waals surface area contributed by atoms with Crippen LogP contribution in [0.3, 0.4) is 0 Å². The molecule has 0 aliphatic heterocycles. The largest absolute Gasteiger partial charge is 0.461 e. The molecule has 0 unspecified atom stereocenters. The summed E-state index contributed by atoms with van der Waals surface area (Å²) in [5.41, 5.74) is 1.78. The molecule has 0 N–H and O–H groups in total. The molecule has 0 aliphatic rings. The summed E-state index contributed by atoms with van der Waals surface area (Å²) < 4.78 is 7.51. The molecule has 1 aromatic carbocycles. The van der Waals surface area contributed by atoms with Crippen LogP contribution in [-0.2, 0) is 4.74 Å². The predicted octanol–water partition coefficient (Wildman–Crippen LogP) is 4.45. The second-order valence-corrected chi connectivity index (χ2v) is 5.96. The highest BCUT2D eigenvalue weighted by molar-refractivity contribution is 9.10. The van der Waals surface area contributed by atoms with Crippen LogP contribution in [0.2, 0.25) is 0 Å². The molecule has 7 heteroatoms. The number of benzene rings is 1. The van der Waals surface area contributed by atoms with Gasteiger partial charge in [-0.25, -0.2) is 4.79 Å². The van der Waals surface area contributed by atoms with Crippen molar-refractivity contribution < 1.29 is 14.5 Å². The van der Waals surface area contributed by atoms with Gasteiger partial charge in [0.1, 0.15) is 5.69 Å². The van der Waals surface area contributed by atoms with Gasteiger partial charge in [-0.3, -0.25) is 10.1 Å². The van der Waals surface area contributed by atoms with Crippen molar-refractivity contribution in [2.24, 2.45) is 0 Å². The summed E-state index contributed by atoms with van der Waals surface area (Å²) >= 11 is 3.33. The molecule has 0 saturated carbocycles. The van der Waals surface area contributed by atoms with E-state index in [0.29, 0.717) is 15.6 Å². The number of hydrogen-bond acceptors (Lipinski definition) is 4. The Morgan fingerprint density at radius 1 is 1.25 bits per heavy atom. The topological polar surface area (TPSA) is 73.8 Å². The highest BCUT2D eigenvalue weighted by Gasteiger charge is 2.25. The standard InChI is InChI=1S/C17H13BrN2O4/c1-2-24-17(21)16-14(10-12-5-3-4-8-19(12)16)13-9-11(18)6-7-15(13)20(22)23/h3-10H,2H2,1H3. The maximum atomic E-state index is 12.5. The first-order chi connectivity index (χ1) is 11.5. The van der Waals surface area contributed by atoms with Gasteiger partial charge in [0.25, 0.3) is 5.69 Å². The number of carbonyl (C=O) groups excluding carboxylic acids is 1. The van der Waals surface area contributed by atoms with Crippen molar-refractivity contribution in [2.75, 3.05) is 6.61 Å². The van der Waals surface area contributed by atoms with E-state index in [0.717, 1.165) is 5.52 Å². The van der Waals surface area contributed by atoms with Crippen LogP contribution in [0.15, 0.2) is 53.1 Å². The highest BCUT2D eigenvalue weighted by Crippen LogP contribution is 2.36. The van der Waals surface area contributed by atoms with Crippen molar-refractivity contribution in [1.29, 1.82) is 0 Å². The van der Waals surface area contributed by atoms with E-state index in [2.05, 4.69) is 15.9 Å². The molecule has 0 spiro atoms. The summed E-state index contributed by atoms with van der Waals surface area (Å²) in [6.07, 6.45) is 1.73. The van der Waals surface area contributed by atoms with Gasteiger partial charge in [0.2, 0.25) is 0 Å². The number of hydrogen-bond donors (Lipinski definition) is 0. The Balaban J connectivity index is 2.34. The average molecular weight is 389 g/mol. The Kier molecular flexibility index (Phi) is 4.35. The summed E-state index contributed by atoms with van der Waals surface area (Å²) in [6, 6.07) is 11.9. The lowest BCUT2D eigenvalue weighted by Gasteiger charge is -2.07. The third-order valence-corrected chi connectivity index (χ3v) is 4.09. The Bertz CT molecular complexity index is 949. The Morgan fingerprint density at radius 3 is 2.75 bits per heavy atom. The van der Waals surface area contributed by atoms with Crippen molar-refractivity contribution in [2.45, 2.75) is 6.92 Å². The van der Waals surface area contributed by atoms with E-state index in [1.165, 1.54) is 6.07 Å². The fourth-order valence-corrected chi connectivity index (χ4v) is 2.98. The van der Waals surface area contributed by atoms with Crippen molar-refractivity contribution in [3.63, 3.8) is 0 Å². The number of halogens is 1. The molecule has 122 valence electrons. The summed E-state index contributed by atoms with van der Waals surface area (Å²) in [7, 11) is 0. The number of nitrogens with zero attached hydrogens (tertiary/aromatic N) is 2. The van der Waals surface area contributed by atoms with Crippen LogP contribution in [0.1, 0.15) is 17.4 Å². The van der Waals surface area contributed by atoms with Crippen LogP contribution in [0.25, 0.3) is 16.6 Å². The molecule has 0 radical (unpaired) electrons. The van der Waals surface area contributed by atoms with Crippen molar-refractivity contribution in [3.05, 3.63) is 68.9 Å². The van der Waals surface area contributed by atoms with E-state index < -0.39 is 10.9 Å². The van der Waals surface area contributed by atoms with Crippen LogP contribution in [0.4, 0.5) is 5.69 Å². The number of ether oxygens (including phenoxy) is 1. The molecule has 0 bridgehead atoms. The van der Waals surface area contributed by atoms with Gasteiger partial charge in [-0.15, -0.1) is 0 Å². The maximum Gasteiger partial charge on any atom is 0.355 e. The molecule has 0 saturated heterocycles. The van der Waals surface area contributed by atoms with Crippen molar-refractivity contribution >= 4 is 33.1 Å². The van der Waals surface area contributed by atoms with E-state index in [1.807, 2.05) is 12.1 Å². The molecule has 3 rings (SSSR count). The van der Waals surface area contributed by atoms with Crippen LogP contribution in [0, 0.1) is 10.1 Å². The van der Waals surface area contributed by atoms with Gasteiger partial charge in [-0.2, -0.15) is 0 Å². The van der Waals surface area contributed by atoms with Crippen LogP contribution >= 0.6 is 15.9 Å². The zero-order valence-electron chi connectivity index (χ0n) is 12.7. The molecular formula is C17H13BrN2O4. The minimum atomic E-state index is -0.520. The van der Waals surface area contributed by atoms with Gasteiger partial charge in [0.15, 0.2) is 0 Å². The molecule has 2 aromatic heterocycles. The second kappa shape index (κ2) is 6.45. The smallest absolute Gasteiger partial charge is 0.355 e. The third-order valence-electron chi connectivity index (χ3n) is 3.59. The maximum absolute atomic E-state index is 12.5. The number of rotatable bonds is 4. The van der Waals surface area contributed by atoms with E-state index in [1.54, 1.807) is 41.8 Å². The Hall–Kier alpha value is -2.67. The molecule has 3 aromatic rings. The highest BCUT2D eigenvalue weighted by atomic mass is 79.9. The van der Waals surface area contributed by atoms with E-state index >= 15 is 0 Å². The fraction of sp³-hybridized carbons (Fsp3) is 0.118. The fourth-order valence-electron chi connectivity index (χ4n) is 2.62. The summed E-state index contributed by atoms with van der Waals surface area (Å²) in [4.78, 5) is 23.4. The zero-order valence-corrected chi connectivity index (χ0v) is 14.3. The molecule has 0 fully saturated rings. The van der Waals surface area contributed by atoms with E-state index in [-0.39, 0.29) is 18.0 Å². The molecule has 2 heterocycles. The van der Waals surface area contributed by atoms with Gasteiger partial charge in [0, 0.05) is 27.8 Å². The average Bonchev–Trinajstić information content (AvgIpc) is 2.94. The van der Waals surface area contributed by atoms with Gasteiger partial charge in [-0.1, -0.05) is 22.0 Å². The summed E-state index contributed by atoms with van der Waals surface area (Å²) in [5.74, 6) is -0.520. The minimum absolute atomic E-state index is 0.0698. The quantitative estimate of drug-likeness (QED) is 0.375. The number of aromatic nitrogens is 1. The minimum Gasteiger partial charge on any atom is -0.461 e. The number of nitro groups is 1. The number of pyridine rings is 1. The number of nitro benzene ring substituents is 1. The lowest BCUT2D eigenvalue weighted by molar-refractivity contribution is -0.384. The van der Waals surface area contributed by atoms with Crippen molar-refractivity contribution in [3.8, 4) is 11.1 Å². The molecule has 0 amide bonds. The molecule has 6 nitrogen and oxygen atoms in total. The lowest BCUT2D eigenvalue weighted by atomic mass is 10.0. The second-order valence-electron chi connectivity index (χ2n) is 5.04. The first kappa shape index (κ1) is 16.2. The summed E-state index contributed by atoms with van der Waals surface area (Å²) in [5, 5.41) is 11.4. The molecule has 0 atom stereocenters. The lowest BCUT2D eigenvalue weighted by Crippen LogP contribution is -2.09. The van der Waals surface area contributed by atoms with Gasteiger partial charge in [-0.05, 0) is 37.3 Å². The number of carbonyl (C=O) groups is 1. The number of esters is 1. The normalized spacial score (nSPS) is 10.8. The van der Waals surface area contributed by atoms with Crippen molar-refractivity contribution in [1.82, 2.24) is 4.40 Å². The van der Waals surface area contributed by atoms with E-state index in [9.17, 15) is 14.9 Å². The van der Waals surface area contributed by atoms with Crippen LogP contribution in [0.5, 0.6) is 0 Å². The van der Waals surface area contributed by atoms with Gasteiger partial charge < -0.3 is 9.14 Å². The van der Waals surface area contributed by atoms with Crippen LogP contribution in [-0.4, -0.2) is 21.9 Å². The monoisotopic (exact) mass is 388 g/mol. The Labute approximate surface area is 145 Å². The SMILES string of the molecule is CCOC(=O)c1c(-c2cc(Br)ccc2[N+](=O)[O-])cc2ccccn12. The Morgan fingerprint density at radius 2 is 2.04 bits per heavy atom. The number of fused-ring (bicyclic) bond motifs is 1. The van der Waals surface area contributed by atoms with Gasteiger partial charge >= 0.3 is 5.97 Å². The predicted molar refractivity (Wildman–Crippen MR) is 93.1 cm³/mol. The summed E-state index contributed by atoms with van der Waals surface area (Å²) in [6.45, 7) is 1.94. The molecule has 24 heavy (non-hydrogen) atoms. The first-order valence-electron chi connectivity index (χ1n) is 7.24. The third kappa shape index (κ3) is 2.78. The zero-order chi connectivity index (χ0) is 17.3. The van der Waals surface area contributed by atoms with E-state index in [4.69, 9.17) is 4.74 Å². The van der Waals surface area contributed by atoms with Gasteiger partial charge in [0.05, 0.1) is 17.1 Å². The first-order valence-corrected chi connectivity index (χ1v) is 8.03. The molecular weight excluding hydrogens is 376 g/mol. The van der Waals surface area contributed by atoms with Crippen LogP contribution < -0.4 is 0 Å². The molecule has 0 aliphatic carbocycles.